The smallest absolute Gasteiger partial charge is 0.247 e. The van der Waals surface area contributed by atoms with Crippen molar-refractivity contribution in [2.75, 3.05) is 18.9 Å². The average molecular weight is 395 g/mol. The van der Waals surface area contributed by atoms with Crippen LogP contribution in [0.4, 0.5) is 5.69 Å². The lowest BCUT2D eigenvalue weighted by atomic mass is 10.1. The van der Waals surface area contributed by atoms with Crippen LogP contribution in [-0.4, -0.2) is 55.3 Å². The van der Waals surface area contributed by atoms with Crippen LogP contribution in [-0.2, 0) is 9.59 Å². The first kappa shape index (κ1) is 20.2. The van der Waals surface area contributed by atoms with Crippen molar-refractivity contribution in [3.63, 3.8) is 0 Å². The van der Waals surface area contributed by atoms with E-state index in [9.17, 15) is 9.59 Å². The molecular formula is C20H25N7O2. The zero-order valence-electron chi connectivity index (χ0n) is 17.0. The van der Waals surface area contributed by atoms with Crippen molar-refractivity contribution in [1.82, 2.24) is 29.9 Å². The number of amides is 2. The Bertz CT molecular complexity index is 978. The van der Waals surface area contributed by atoms with Gasteiger partial charge in [-0.3, -0.25) is 19.4 Å². The Morgan fingerprint density at radius 2 is 1.97 bits per heavy atom. The second-order valence-electron chi connectivity index (χ2n) is 7.15. The van der Waals surface area contributed by atoms with Gasteiger partial charge in [-0.15, -0.1) is 0 Å². The number of likely N-dealkylation sites (N-methyl/N-ethyl adjacent to an activating group) is 1. The van der Waals surface area contributed by atoms with Gasteiger partial charge < -0.3 is 10.2 Å². The summed E-state index contributed by atoms with van der Waals surface area (Å²) >= 11 is 0. The molecule has 0 bridgehead atoms. The van der Waals surface area contributed by atoms with E-state index < -0.39 is 6.04 Å². The Hall–Kier alpha value is -3.49. The number of aromatic nitrogens is 5. The first-order valence-electron chi connectivity index (χ1n) is 9.42. The van der Waals surface area contributed by atoms with Crippen LogP contribution in [0.2, 0.25) is 0 Å². The van der Waals surface area contributed by atoms with E-state index in [0.717, 1.165) is 5.82 Å². The second-order valence-corrected chi connectivity index (χ2v) is 7.15. The van der Waals surface area contributed by atoms with Crippen LogP contribution in [0.25, 0.3) is 11.4 Å². The average Bonchev–Trinajstić information content (AvgIpc) is 3.39. The van der Waals surface area contributed by atoms with E-state index in [-0.39, 0.29) is 24.3 Å². The molecule has 9 heteroatoms. The number of carbonyl (C=O) groups is 2. The minimum Gasteiger partial charge on any atom is -0.335 e. The highest BCUT2D eigenvalue weighted by molar-refractivity contribution is 5.97. The van der Waals surface area contributed by atoms with E-state index in [4.69, 9.17) is 0 Å². The molecule has 29 heavy (non-hydrogen) atoms. The summed E-state index contributed by atoms with van der Waals surface area (Å²) in [6.07, 6.45) is 3.33. The molecule has 1 atom stereocenters. The first-order valence-corrected chi connectivity index (χ1v) is 9.42. The summed E-state index contributed by atoms with van der Waals surface area (Å²) in [5.41, 5.74) is 1.30. The summed E-state index contributed by atoms with van der Waals surface area (Å²) in [4.78, 5) is 31.0. The highest BCUT2D eigenvalue weighted by Crippen LogP contribution is 2.25. The van der Waals surface area contributed by atoms with Crippen molar-refractivity contribution in [2.45, 2.75) is 32.7 Å². The van der Waals surface area contributed by atoms with Crippen molar-refractivity contribution in [2.24, 2.45) is 0 Å². The van der Waals surface area contributed by atoms with E-state index in [1.807, 2.05) is 32.0 Å². The number of aromatic amines is 1. The number of hydrogen-bond acceptors (Lipinski definition) is 5. The van der Waals surface area contributed by atoms with E-state index >= 15 is 0 Å². The predicted octanol–water partition coefficient (Wildman–Crippen LogP) is 2.45. The Labute approximate surface area is 169 Å². The summed E-state index contributed by atoms with van der Waals surface area (Å²) in [5, 5.41) is 14.1. The van der Waals surface area contributed by atoms with Crippen molar-refractivity contribution in [1.29, 1.82) is 0 Å². The van der Waals surface area contributed by atoms with Crippen LogP contribution in [0.15, 0.2) is 42.7 Å². The standard InChI is InChI=1S/C20H25N7O2/c1-13(2)18-23-19(25-24-18)15-8-5-6-9-16(15)22-17(28)12-26(4)20(29)14(3)27-11-7-10-21-27/h5-11,13-14H,12H2,1-4H3,(H,22,28)(H,23,24,25). The zero-order chi connectivity index (χ0) is 21.0. The SMILES string of the molecule is CC(C)c1nc(-c2ccccc2NC(=O)CN(C)C(=O)C(C)n2cccn2)n[nH]1. The predicted molar refractivity (Wildman–Crippen MR) is 109 cm³/mol. The van der Waals surface area contributed by atoms with Crippen LogP contribution in [0.5, 0.6) is 0 Å². The summed E-state index contributed by atoms with van der Waals surface area (Å²) < 4.78 is 1.56. The number of rotatable bonds is 7. The second kappa shape index (κ2) is 8.68. The van der Waals surface area contributed by atoms with Gasteiger partial charge in [-0.1, -0.05) is 26.0 Å². The normalized spacial score (nSPS) is 12.0. The number of hydrogen-bond donors (Lipinski definition) is 2. The molecule has 2 amide bonds. The molecule has 3 rings (SSSR count). The topological polar surface area (TPSA) is 109 Å². The molecule has 0 radical (unpaired) electrons. The molecule has 1 aromatic carbocycles. The van der Waals surface area contributed by atoms with Crippen LogP contribution in [0.1, 0.15) is 38.6 Å². The fourth-order valence-corrected chi connectivity index (χ4v) is 2.86. The minimum atomic E-state index is -0.488. The Morgan fingerprint density at radius 3 is 2.62 bits per heavy atom. The molecule has 2 heterocycles. The highest BCUT2D eigenvalue weighted by Gasteiger charge is 2.22. The summed E-state index contributed by atoms with van der Waals surface area (Å²) in [6.45, 7) is 5.71. The van der Waals surface area contributed by atoms with Gasteiger partial charge >= 0.3 is 0 Å². The monoisotopic (exact) mass is 395 g/mol. The van der Waals surface area contributed by atoms with Crippen molar-refractivity contribution in [3.05, 3.63) is 48.5 Å². The molecule has 0 fully saturated rings. The molecule has 0 aliphatic rings. The Balaban J connectivity index is 1.68. The third-order valence-electron chi connectivity index (χ3n) is 4.53. The van der Waals surface area contributed by atoms with Gasteiger partial charge in [-0.2, -0.15) is 10.2 Å². The maximum atomic E-state index is 12.6. The quantitative estimate of drug-likeness (QED) is 0.639. The first-order chi connectivity index (χ1) is 13.9. The third kappa shape index (κ3) is 4.68. The number of nitrogens with one attached hydrogen (secondary N) is 2. The molecule has 3 aromatic rings. The number of carbonyl (C=O) groups excluding carboxylic acids is 2. The van der Waals surface area contributed by atoms with Gasteiger partial charge in [0, 0.05) is 30.9 Å². The molecule has 0 saturated carbocycles. The maximum Gasteiger partial charge on any atom is 0.247 e. The molecule has 2 N–H and O–H groups in total. The lowest BCUT2D eigenvalue weighted by Crippen LogP contribution is -2.38. The van der Waals surface area contributed by atoms with Crippen molar-refractivity contribution in [3.8, 4) is 11.4 Å². The fraction of sp³-hybridized carbons (Fsp3) is 0.350. The number of benzene rings is 1. The Kier molecular flexibility index (Phi) is 6.06. The van der Waals surface area contributed by atoms with Crippen molar-refractivity contribution >= 4 is 17.5 Å². The van der Waals surface area contributed by atoms with Crippen LogP contribution < -0.4 is 5.32 Å². The lowest BCUT2D eigenvalue weighted by Gasteiger charge is -2.21. The zero-order valence-corrected chi connectivity index (χ0v) is 17.0. The van der Waals surface area contributed by atoms with E-state index in [1.54, 1.807) is 43.2 Å². The van der Waals surface area contributed by atoms with Crippen molar-refractivity contribution < 1.29 is 9.59 Å². The molecule has 0 spiro atoms. The van der Waals surface area contributed by atoms with Gasteiger partial charge in [0.2, 0.25) is 11.8 Å². The Morgan fingerprint density at radius 1 is 1.21 bits per heavy atom. The van der Waals surface area contributed by atoms with E-state index in [1.165, 1.54) is 4.90 Å². The largest absolute Gasteiger partial charge is 0.335 e. The molecule has 152 valence electrons. The van der Waals surface area contributed by atoms with Gasteiger partial charge in [0.15, 0.2) is 5.82 Å². The van der Waals surface area contributed by atoms with Gasteiger partial charge in [-0.05, 0) is 25.1 Å². The summed E-state index contributed by atoms with van der Waals surface area (Å²) in [6, 6.07) is 8.57. The lowest BCUT2D eigenvalue weighted by molar-refractivity contribution is -0.136. The number of H-pyrrole nitrogens is 1. The van der Waals surface area contributed by atoms with Gasteiger partial charge in [0.1, 0.15) is 11.9 Å². The molecule has 1 unspecified atom stereocenters. The van der Waals surface area contributed by atoms with Gasteiger partial charge in [0.25, 0.3) is 0 Å². The van der Waals surface area contributed by atoms with Crippen LogP contribution in [0, 0.1) is 0 Å². The number of anilines is 1. The third-order valence-corrected chi connectivity index (χ3v) is 4.53. The summed E-state index contributed by atoms with van der Waals surface area (Å²) in [5.74, 6) is 1.00. The van der Waals surface area contributed by atoms with Crippen LogP contribution >= 0.6 is 0 Å². The molecular weight excluding hydrogens is 370 g/mol. The molecule has 2 aromatic heterocycles. The fourth-order valence-electron chi connectivity index (χ4n) is 2.86. The molecule has 0 aliphatic carbocycles. The highest BCUT2D eigenvalue weighted by atomic mass is 16.2. The molecule has 0 aliphatic heterocycles. The van der Waals surface area contributed by atoms with Gasteiger partial charge in [-0.25, -0.2) is 4.98 Å². The maximum absolute atomic E-state index is 12.6. The van der Waals surface area contributed by atoms with E-state index in [2.05, 4.69) is 25.6 Å². The minimum absolute atomic E-state index is 0.0794. The van der Waals surface area contributed by atoms with Gasteiger partial charge in [0.05, 0.1) is 12.2 Å². The number of para-hydroxylation sites is 1. The molecule has 0 saturated heterocycles. The molecule has 9 nitrogen and oxygen atoms in total. The van der Waals surface area contributed by atoms with Crippen LogP contribution in [0.3, 0.4) is 0 Å². The van der Waals surface area contributed by atoms with E-state index in [0.29, 0.717) is 17.1 Å². The summed E-state index contributed by atoms with van der Waals surface area (Å²) in [7, 11) is 1.60. The number of nitrogens with zero attached hydrogens (tertiary/aromatic N) is 5.